The lowest BCUT2D eigenvalue weighted by Gasteiger charge is -2.05. The molecule has 2 aromatic heterocycles. The molecule has 3 amide bonds. The fourth-order valence-electron chi connectivity index (χ4n) is 2.38. The fraction of sp³-hybridized carbons (Fsp3) is 0.158. The average molecular weight is 434 g/mol. The van der Waals surface area contributed by atoms with Crippen molar-refractivity contribution in [1.82, 2.24) is 15.6 Å². The molecule has 0 aliphatic heterocycles. The van der Waals surface area contributed by atoms with Crippen molar-refractivity contribution in [1.29, 1.82) is 0 Å². The Hall–Kier alpha value is -3.60. The molecule has 8 nitrogen and oxygen atoms in total. The van der Waals surface area contributed by atoms with Crippen LogP contribution in [0.2, 0.25) is 0 Å². The number of carbonyl (C=O) groups is 3. The third-order valence-electron chi connectivity index (χ3n) is 3.71. The van der Waals surface area contributed by atoms with Crippen LogP contribution in [0, 0.1) is 11.6 Å². The zero-order chi connectivity index (χ0) is 21.7. The van der Waals surface area contributed by atoms with Gasteiger partial charge in [-0.3, -0.25) is 14.4 Å². The highest BCUT2D eigenvalue weighted by atomic mass is 32.1. The van der Waals surface area contributed by atoms with Crippen molar-refractivity contribution in [3.63, 3.8) is 0 Å². The second-order valence-electron chi connectivity index (χ2n) is 6.10. The number of thiazole rings is 1. The normalized spacial score (nSPS) is 10.5. The molecule has 0 atom stereocenters. The van der Waals surface area contributed by atoms with E-state index in [1.807, 2.05) is 0 Å². The van der Waals surface area contributed by atoms with Gasteiger partial charge in [0.25, 0.3) is 5.91 Å². The second-order valence-corrected chi connectivity index (χ2v) is 6.96. The molecule has 3 aromatic rings. The number of furan rings is 1. The highest BCUT2D eigenvalue weighted by molar-refractivity contribution is 7.14. The Balaban J connectivity index is 1.53. The van der Waals surface area contributed by atoms with Crippen molar-refractivity contribution >= 4 is 34.2 Å². The molecular weight excluding hydrogens is 418 g/mol. The van der Waals surface area contributed by atoms with E-state index in [0.717, 1.165) is 23.5 Å². The van der Waals surface area contributed by atoms with Crippen LogP contribution in [0.15, 0.2) is 40.1 Å². The van der Waals surface area contributed by atoms with E-state index in [-0.39, 0.29) is 23.1 Å². The molecular formula is C19H16F2N4O4S. The van der Waals surface area contributed by atoms with Gasteiger partial charge < -0.3 is 20.4 Å². The minimum Gasteiger partial charge on any atom is -0.458 e. The molecule has 0 saturated heterocycles. The summed E-state index contributed by atoms with van der Waals surface area (Å²) in [6.45, 7) is 1.24. The van der Waals surface area contributed by atoms with Gasteiger partial charge in [-0.1, -0.05) is 0 Å². The lowest BCUT2D eigenvalue weighted by atomic mass is 10.2. The van der Waals surface area contributed by atoms with Crippen molar-refractivity contribution in [2.24, 2.45) is 0 Å². The highest BCUT2D eigenvalue weighted by Gasteiger charge is 2.14. The smallest absolute Gasteiger partial charge is 0.251 e. The number of halogens is 2. The van der Waals surface area contributed by atoms with E-state index in [2.05, 4.69) is 20.9 Å². The third-order valence-corrected chi connectivity index (χ3v) is 4.47. The standard InChI is InChI=1S/C19H16F2N4O4S/c1-10(26)22-7-14-2-3-16(29-14)15-9-30-19(24-15)25-17(27)8-23-18(28)11-4-12(20)6-13(21)5-11/h2-6,9H,7-8H2,1H3,(H,22,26)(H,23,28)(H,24,25,27). The molecule has 1 aromatic carbocycles. The summed E-state index contributed by atoms with van der Waals surface area (Å²) in [6.07, 6.45) is 0. The van der Waals surface area contributed by atoms with Gasteiger partial charge in [-0.2, -0.15) is 0 Å². The molecule has 0 spiro atoms. The van der Waals surface area contributed by atoms with Gasteiger partial charge in [0.1, 0.15) is 23.1 Å². The molecule has 156 valence electrons. The lowest BCUT2D eigenvalue weighted by molar-refractivity contribution is -0.119. The minimum absolute atomic E-state index is 0.179. The Bertz CT molecular complexity index is 1080. The van der Waals surface area contributed by atoms with E-state index >= 15 is 0 Å². The van der Waals surface area contributed by atoms with Gasteiger partial charge in [0.2, 0.25) is 11.8 Å². The Labute approximate surface area is 173 Å². The van der Waals surface area contributed by atoms with Crippen molar-refractivity contribution in [3.8, 4) is 11.5 Å². The quantitative estimate of drug-likeness (QED) is 0.529. The maximum absolute atomic E-state index is 13.2. The Morgan fingerprint density at radius 3 is 2.53 bits per heavy atom. The van der Waals surface area contributed by atoms with Gasteiger partial charge >= 0.3 is 0 Å². The van der Waals surface area contributed by atoms with Crippen molar-refractivity contribution < 1.29 is 27.6 Å². The van der Waals surface area contributed by atoms with E-state index in [4.69, 9.17) is 4.42 Å². The molecule has 2 heterocycles. The third kappa shape index (κ3) is 5.70. The van der Waals surface area contributed by atoms with Gasteiger partial charge in [0.05, 0.1) is 13.1 Å². The first-order valence-electron chi connectivity index (χ1n) is 8.63. The Morgan fingerprint density at radius 2 is 1.83 bits per heavy atom. The van der Waals surface area contributed by atoms with Gasteiger partial charge in [0.15, 0.2) is 10.9 Å². The molecule has 30 heavy (non-hydrogen) atoms. The molecule has 0 aliphatic rings. The molecule has 0 saturated carbocycles. The van der Waals surface area contributed by atoms with Gasteiger partial charge in [-0.05, 0) is 24.3 Å². The van der Waals surface area contributed by atoms with Gasteiger partial charge in [-0.25, -0.2) is 13.8 Å². The molecule has 11 heteroatoms. The largest absolute Gasteiger partial charge is 0.458 e. The summed E-state index contributed by atoms with van der Waals surface area (Å²) in [7, 11) is 0. The molecule has 3 rings (SSSR count). The first-order valence-corrected chi connectivity index (χ1v) is 9.51. The van der Waals surface area contributed by atoms with Crippen LogP contribution in [0.3, 0.4) is 0 Å². The summed E-state index contributed by atoms with van der Waals surface area (Å²) < 4.78 is 31.9. The van der Waals surface area contributed by atoms with Gasteiger partial charge in [0, 0.05) is 23.9 Å². The molecule has 0 radical (unpaired) electrons. The fourth-order valence-corrected chi connectivity index (χ4v) is 3.09. The number of anilines is 1. The van der Waals surface area contributed by atoms with Crippen LogP contribution in [-0.2, 0) is 16.1 Å². The number of nitrogens with one attached hydrogen (secondary N) is 3. The zero-order valence-electron chi connectivity index (χ0n) is 15.6. The Morgan fingerprint density at radius 1 is 1.10 bits per heavy atom. The van der Waals surface area contributed by atoms with E-state index in [9.17, 15) is 23.2 Å². The summed E-state index contributed by atoms with van der Waals surface area (Å²) in [5.74, 6) is -2.29. The maximum atomic E-state index is 13.2. The van der Waals surface area contributed by atoms with E-state index in [1.165, 1.54) is 6.92 Å². The highest BCUT2D eigenvalue weighted by Crippen LogP contribution is 2.26. The van der Waals surface area contributed by atoms with Crippen molar-refractivity contribution in [2.75, 3.05) is 11.9 Å². The molecule has 0 aliphatic carbocycles. The summed E-state index contributed by atoms with van der Waals surface area (Å²) in [6, 6.07) is 5.77. The van der Waals surface area contributed by atoms with Crippen LogP contribution in [0.25, 0.3) is 11.5 Å². The first-order chi connectivity index (χ1) is 14.3. The van der Waals surface area contributed by atoms with Crippen LogP contribution in [0.5, 0.6) is 0 Å². The van der Waals surface area contributed by atoms with Crippen LogP contribution in [-0.4, -0.2) is 29.3 Å². The number of rotatable bonds is 7. The summed E-state index contributed by atoms with van der Waals surface area (Å²) >= 11 is 1.15. The van der Waals surface area contributed by atoms with E-state index in [0.29, 0.717) is 23.3 Å². The monoisotopic (exact) mass is 434 g/mol. The van der Waals surface area contributed by atoms with Crippen LogP contribution in [0.1, 0.15) is 23.0 Å². The number of hydrogen-bond donors (Lipinski definition) is 3. The molecule has 0 unspecified atom stereocenters. The number of aromatic nitrogens is 1. The zero-order valence-corrected chi connectivity index (χ0v) is 16.4. The topological polar surface area (TPSA) is 113 Å². The number of benzene rings is 1. The molecule has 3 N–H and O–H groups in total. The second kappa shape index (κ2) is 9.27. The predicted octanol–water partition coefficient (Wildman–Crippen LogP) is 2.69. The van der Waals surface area contributed by atoms with Gasteiger partial charge in [-0.15, -0.1) is 11.3 Å². The van der Waals surface area contributed by atoms with Crippen LogP contribution < -0.4 is 16.0 Å². The summed E-state index contributed by atoms with van der Waals surface area (Å²) in [5.41, 5.74) is 0.258. The number of hydrogen-bond acceptors (Lipinski definition) is 6. The molecule has 0 fully saturated rings. The summed E-state index contributed by atoms with van der Waals surface area (Å²) in [4.78, 5) is 39.1. The molecule has 0 bridgehead atoms. The number of carbonyl (C=O) groups excluding carboxylic acids is 3. The SMILES string of the molecule is CC(=O)NCc1ccc(-c2csc(NC(=O)CNC(=O)c3cc(F)cc(F)c3)n2)o1. The van der Waals surface area contributed by atoms with Crippen LogP contribution in [0.4, 0.5) is 13.9 Å². The maximum Gasteiger partial charge on any atom is 0.251 e. The first kappa shape index (κ1) is 21.1. The van der Waals surface area contributed by atoms with Crippen molar-refractivity contribution in [2.45, 2.75) is 13.5 Å². The summed E-state index contributed by atoms with van der Waals surface area (Å²) in [5, 5.41) is 9.36. The minimum atomic E-state index is -0.891. The van der Waals surface area contributed by atoms with E-state index < -0.39 is 30.0 Å². The van der Waals surface area contributed by atoms with Crippen LogP contribution >= 0.6 is 11.3 Å². The van der Waals surface area contributed by atoms with Crippen molar-refractivity contribution in [3.05, 3.63) is 58.7 Å². The predicted molar refractivity (Wildman–Crippen MR) is 105 cm³/mol. The lowest BCUT2D eigenvalue weighted by Crippen LogP contribution is -2.32. The number of nitrogens with zero attached hydrogens (tertiary/aromatic N) is 1. The average Bonchev–Trinajstić information content (AvgIpc) is 3.33. The van der Waals surface area contributed by atoms with E-state index in [1.54, 1.807) is 17.5 Å². The Kier molecular flexibility index (Phi) is 6.52. The number of amides is 3.